The van der Waals surface area contributed by atoms with Gasteiger partial charge in [0.2, 0.25) is 10.0 Å². The smallest absolute Gasteiger partial charge is 0.309 e. The van der Waals surface area contributed by atoms with E-state index in [4.69, 9.17) is 5.11 Å². The van der Waals surface area contributed by atoms with Crippen LogP contribution in [0.25, 0.3) is 0 Å². The first-order valence-electron chi connectivity index (χ1n) is 6.65. The van der Waals surface area contributed by atoms with Crippen LogP contribution in [0.3, 0.4) is 0 Å². The summed E-state index contributed by atoms with van der Waals surface area (Å²) in [5.41, 5.74) is 0.689. The average Bonchev–Trinajstić information content (AvgIpc) is 2.46. The van der Waals surface area contributed by atoms with Crippen molar-refractivity contribution in [3.05, 3.63) is 29.8 Å². The number of rotatable bonds is 8. The second-order valence-electron chi connectivity index (χ2n) is 4.87. The molecule has 1 unspecified atom stereocenters. The van der Waals surface area contributed by atoms with Crippen molar-refractivity contribution in [2.45, 2.75) is 24.7 Å². The fourth-order valence-corrected chi connectivity index (χ4v) is 2.85. The number of aliphatic hydroxyl groups excluding tert-OH is 1. The van der Waals surface area contributed by atoms with E-state index in [0.29, 0.717) is 12.0 Å². The zero-order valence-electron chi connectivity index (χ0n) is 12.2. The fraction of sp³-hybridized carbons (Fsp3) is 0.500. The van der Waals surface area contributed by atoms with E-state index in [1.54, 1.807) is 12.1 Å². The van der Waals surface area contributed by atoms with Crippen molar-refractivity contribution < 1.29 is 23.1 Å². The molecule has 1 atom stereocenters. The van der Waals surface area contributed by atoms with E-state index < -0.39 is 10.0 Å². The molecule has 0 fully saturated rings. The van der Waals surface area contributed by atoms with E-state index in [1.165, 1.54) is 19.2 Å². The molecule has 0 radical (unpaired) electrons. The molecule has 0 heterocycles. The molecular formula is C14H21NO5S. The molecule has 0 aliphatic rings. The largest absolute Gasteiger partial charge is 0.469 e. The van der Waals surface area contributed by atoms with E-state index in [-0.39, 0.29) is 36.4 Å². The van der Waals surface area contributed by atoms with Crippen LogP contribution in [0.2, 0.25) is 0 Å². The van der Waals surface area contributed by atoms with Crippen LogP contribution in [0.5, 0.6) is 0 Å². The van der Waals surface area contributed by atoms with Gasteiger partial charge in [-0.2, -0.15) is 0 Å². The van der Waals surface area contributed by atoms with E-state index in [9.17, 15) is 13.2 Å². The van der Waals surface area contributed by atoms with Crippen molar-refractivity contribution in [3.8, 4) is 0 Å². The Morgan fingerprint density at radius 3 is 2.48 bits per heavy atom. The first-order valence-corrected chi connectivity index (χ1v) is 8.13. The van der Waals surface area contributed by atoms with Gasteiger partial charge in [0.15, 0.2) is 0 Å². The third-order valence-electron chi connectivity index (χ3n) is 3.05. The molecule has 7 heteroatoms. The Kier molecular flexibility index (Phi) is 6.80. The summed E-state index contributed by atoms with van der Waals surface area (Å²) in [5, 5.41) is 8.79. The molecule has 1 rings (SSSR count). The molecule has 1 aromatic rings. The third kappa shape index (κ3) is 5.82. The lowest BCUT2D eigenvalue weighted by Gasteiger charge is -2.12. The van der Waals surface area contributed by atoms with E-state index in [0.717, 1.165) is 0 Å². The number of carbonyl (C=O) groups is 1. The predicted octanol–water partition coefficient (Wildman–Crippen LogP) is 0.699. The van der Waals surface area contributed by atoms with Gasteiger partial charge >= 0.3 is 5.97 Å². The molecule has 1 aromatic carbocycles. The topological polar surface area (TPSA) is 92.7 Å². The number of hydrogen-bond acceptors (Lipinski definition) is 5. The van der Waals surface area contributed by atoms with Gasteiger partial charge in [-0.15, -0.1) is 0 Å². The lowest BCUT2D eigenvalue weighted by molar-refractivity contribution is -0.139. The molecule has 2 N–H and O–H groups in total. The standard InChI is InChI=1S/C14H21NO5S/c1-11(7-8-16)10-15-21(18,19)13-5-3-12(4-6-13)9-14(17)20-2/h3-6,11,15-16H,7-10H2,1-2H3. The van der Waals surface area contributed by atoms with Crippen molar-refractivity contribution in [2.75, 3.05) is 20.3 Å². The van der Waals surface area contributed by atoms with Gasteiger partial charge in [0.1, 0.15) is 0 Å². The molecule has 0 bridgehead atoms. The summed E-state index contributed by atoms with van der Waals surface area (Å²) < 4.78 is 31.2. The van der Waals surface area contributed by atoms with Crippen LogP contribution >= 0.6 is 0 Å². The first kappa shape index (κ1) is 17.6. The number of esters is 1. The Morgan fingerprint density at radius 2 is 1.95 bits per heavy atom. The van der Waals surface area contributed by atoms with Crippen molar-refractivity contribution in [2.24, 2.45) is 5.92 Å². The first-order chi connectivity index (χ1) is 9.89. The summed E-state index contributed by atoms with van der Waals surface area (Å²) in [5.74, 6) is -0.315. The van der Waals surface area contributed by atoms with Gasteiger partial charge < -0.3 is 9.84 Å². The Labute approximate surface area is 125 Å². The molecule has 0 aliphatic carbocycles. The highest BCUT2D eigenvalue weighted by Gasteiger charge is 2.15. The summed E-state index contributed by atoms with van der Waals surface area (Å²) >= 11 is 0. The monoisotopic (exact) mass is 315 g/mol. The molecule has 6 nitrogen and oxygen atoms in total. The predicted molar refractivity (Wildman–Crippen MR) is 78.2 cm³/mol. The number of hydrogen-bond donors (Lipinski definition) is 2. The zero-order chi connectivity index (χ0) is 15.9. The molecule has 0 saturated carbocycles. The molecule has 0 amide bonds. The highest BCUT2D eigenvalue weighted by atomic mass is 32.2. The number of aliphatic hydroxyl groups is 1. The number of carbonyl (C=O) groups excluding carboxylic acids is 1. The van der Waals surface area contributed by atoms with Gasteiger partial charge in [0, 0.05) is 13.2 Å². The van der Waals surface area contributed by atoms with Crippen LogP contribution in [0.1, 0.15) is 18.9 Å². The molecule has 0 spiro atoms. The summed E-state index contributed by atoms with van der Waals surface area (Å²) in [4.78, 5) is 11.3. The van der Waals surface area contributed by atoms with Crippen LogP contribution < -0.4 is 4.72 Å². The number of nitrogens with one attached hydrogen (secondary N) is 1. The second kappa shape index (κ2) is 8.11. The Balaban J connectivity index is 2.69. The minimum absolute atomic E-state index is 0.0329. The van der Waals surface area contributed by atoms with E-state index in [1.807, 2.05) is 6.92 Å². The van der Waals surface area contributed by atoms with E-state index in [2.05, 4.69) is 9.46 Å². The van der Waals surface area contributed by atoms with Gasteiger partial charge in [0.05, 0.1) is 18.4 Å². The minimum atomic E-state index is -3.57. The van der Waals surface area contributed by atoms with Gasteiger partial charge in [-0.25, -0.2) is 13.1 Å². The zero-order valence-corrected chi connectivity index (χ0v) is 13.0. The number of benzene rings is 1. The Morgan fingerprint density at radius 1 is 1.33 bits per heavy atom. The maximum atomic E-state index is 12.1. The quantitative estimate of drug-likeness (QED) is 0.689. The SMILES string of the molecule is COC(=O)Cc1ccc(S(=O)(=O)NCC(C)CCO)cc1. The van der Waals surface area contributed by atoms with Crippen LogP contribution in [0, 0.1) is 5.92 Å². The lowest BCUT2D eigenvalue weighted by Crippen LogP contribution is -2.28. The maximum Gasteiger partial charge on any atom is 0.309 e. The summed E-state index contributed by atoms with van der Waals surface area (Å²) in [6.07, 6.45) is 0.651. The maximum absolute atomic E-state index is 12.1. The van der Waals surface area contributed by atoms with Gasteiger partial charge in [0.25, 0.3) is 0 Å². The van der Waals surface area contributed by atoms with Crippen LogP contribution in [0.15, 0.2) is 29.2 Å². The average molecular weight is 315 g/mol. The van der Waals surface area contributed by atoms with Gasteiger partial charge in [-0.1, -0.05) is 19.1 Å². The van der Waals surface area contributed by atoms with Crippen molar-refractivity contribution in [1.82, 2.24) is 4.72 Å². The Bertz CT molecular complexity index is 553. The fourth-order valence-electron chi connectivity index (χ4n) is 1.68. The molecule has 0 aromatic heterocycles. The second-order valence-corrected chi connectivity index (χ2v) is 6.63. The van der Waals surface area contributed by atoms with Crippen LogP contribution in [-0.4, -0.2) is 39.8 Å². The minimum Gasteiger partial charge on any atom is -0.469 e. The summed E-state index contributed by atoms with van der Waals surface area (Å²) in [6, 6.07) is 6.08. The molecule has 0 aliphatic heterocycles. The number of sulfonamides is 1. The van der Waals surface area contributed by atoms with E-state index >= 15 is 0 Å². The number of methoxy groups -OCH3 is 1. The molecule has 0 saturated heterocycles. The van der Waals surface area contributed by atoms with Crippen LogP contribution in [0.4, 0.5) is 0 Å². The third-order valence-corrected chi connectivity index (χ3v) is 4.49. The molecular weight excluding hydrogens is 294 g/mol. The van der Waals surface area contributed by atoms with Crippen molar-refractivity contribution in [1.29, 1.82) is 0 Å². The highest BCUT2D eigenvalue weighted by Crippen LogP contribution is 2.12. The molecule has 118 valence electrons. The van der Waals surface area contributed by atoms with Gasteiger partial charge in [-0.3, -0.25) is 4.79 Å². The summed E-state index contributed by atoms with van der Waals surface area (Å²) in [6.45, 7) is 2.16. The van der Waals surface area contributed by atoms with Crippen LogP contribution in [-0.2, 0) is 26.0 Å². The van der Waals surface area contributed by atoms with Crippen molar-refractivity contribution in [3.63, 3.8) is 0 Å². The van der Waals surface area contributed by atoms with Crippen molar-refractivity contribution >= 4 is 16.0 Å². The highest BCUT2D eigenvalue weighted by molar-refractivity contribution is 7.89. The number of ether oxygens (including phenoxy) is 1. The summed E-state index contributed by atoms with van der Waals surface area (Å²) in [7, 11) is -2.27. The molecule has 21 heavy (non-hydrogen) atoms. The normalized spacial score (nSPS) is 12.9. The Hall–Kier alpha value is -1.44. The lowest BCUT2D eigenvalue weighted by atomic mass is 10.1. The van der Waals surface area contributed by atoms with Gasteiger partial charge in [-0.05, 0) is 30.0 Å².